The molecule has 0 radical (unpaired) electrons. The van der Waals surface area contributed by atoms with E-state index in [1.807, 2.05) is 0 Å². The number of halogens is 1. The summed E-state index contributed by atoms with van der Waals surface area (Å²) < 4.78 is 4.89. The van der Waals surface area contributed by atoms with Crippen LogP contribution in [0.5, 0.6) is 0 Å². The quantitative estimate of drug-likeness (QED) is 0.761. The van der Waals surface area contributed by atoms with Gasteiger partial charge in [0.05, 0.1) is 0 Å². The third-order valence-corrected chi connectivity index (χ3v) is 3.11. The molecular formula is C15H12ClN5O2. The van der Waals surface area contributed by atoms with Crippen LogP contribution in [0.3, 0.4) is 0 Å². The normalized spacial score (nSPS) is 10.3. The van der Waals surface area contributed by atoms with Crippen molar-refractivity contribution in [3.8, 4) is 0 Å². The van der Waals surface area contributed by atoms with Crippen LogP contribution in [-0.2, 0) is 0 Å². The topological polar surface area (TPSA) is 92.9 Å². The second kappa shape index (κ2) is 6.45. The van der Waals surface area contributed by atoms with Gasteiger partial charge < -0.3 is 15.2 Å². The number of rotatable bonds is 4. The van der Waals surface area contributed by atoms with E-state index in [2.05, 4.69) is 25.8 Å². The summed E-state index contributed by atoms with van der Waals surface area (Å²) in [5.41, 5.74) is 0.969. The number of hydrogen-bond donors (Lipinski definition) is 2. The summed E-state index contributed by atoms with van der Waals surface area (Å²) in [5, 5.41) is 9.93. The zero-order valence-electron chi connectivity index (χ0n) is 12.1. The molecule has 3 rings (SSSR count). The molecule has 0 aliphatic carbocycles. The Labute approximate surface area is 136 Å². The molecule has 0 saturated heterocycles. The Morgan fingerprint density at radius 3 is 2.70 bits per heavy atom. The number of nitrogens with zero attached hydrogens (tertiary/aromatic N) is 3. The Bertz CT molecular complexity index is 832. The number of nitrogens with one attached hydrogen (secondary N) is 2. The average molecular weight is 330 g/mol. The van der Waals surface area contributed by atoms with Crippen molar-refractivity contribution in [2.75, 3.05) is 10.6 Å². The van der Waals surface area contributed by atoms with Crippen molar-refractivity contribution in [3.63, 3.8) is 0 Å². The predicted octanol–water partition coefficient (Wildman–Crippen LogP) is 3.42. The van der Waals surface area contributed by atoms with E-state index in [0.717, 1.165) is 5.69 Å². The van der Waals surface area contributed by atoms with E-state index in [0.29, 0.717) is 22.5 Å². The van der Waals surface area contributed by atoms with Gasteiger partial charge in [-0.3, -0.25) is 4.79 Å². The van der Waals surface area contributed by atoms with Gasteiger partial charge in [0, 0.05) is 23.0 Å². The van der Waals surface area contributed by atoms with Gasteiger partial charge in [-0.25, -0.2) is 9.97 Å². The molecule has 0 saturated carbocycles. The SMILES string of the molecule is Cc1cc(NC(=O)c2ccnc(Nc3ccc(Cl)cc3)n2)no1. The van der Waals surface area contributed by atoms with Crippen molar-refractivity contribution in [3.05, 3.63) is 59.1 Å². The van der Waals surface area contributed by atoms with Gasteiger partial charge in [0.15, 0.2) is 5.82 Å². The first-order valence-electron chi connectivity index (χ1n) is 6.70. The molecule has 116 valence electrons. The lowest BCUT2D eigenvalue weighted by atomic mass is 10.3. The van der Waals surface area contributed by atoms with Gasteiger partial charge in [-0.1, -0.05) is 16.8 Å². The maximum atomic E-state index is 12.1. The molecule has 2 N–H and O–H groups in total. The van der Waals surface area contributed by atoms with Crippen molar-refractivity contribution >= 4 is 35.0 Å². The maximum Gasteiger partial charge on any atom is 0.275 e. The van der Waals surface area contributed by atoms with E-state index in [-0.39, 0.29) is 5.69 Å². The Morgan fingerprint density at radius 2 is 2.00 bits per heavy atom. The van der Waals surface area contributed by atoms with E-state index < -0.39 is 5.91 Å². The van der Waals surface area contributed by atoms with Gasteiger partial charge >= 0.3 is 0 Å². The van der Waals surface area contributed by atoms with Crippen LogP contribution < -0.4 is 10.6 Å². The molecule has 7 nitrogen and oxygen atoms in total. The summed E-state index contributed by atoms with van der Waals surface area (Å²) in [5.74, 6) is 0.836. The highest BCUT2D eigenvalue weighted by Gasteiger charge is 2.11. The molecule has 0 unspecified atom stereocenters. The Balaban J connectivity index is 1.73. The highest BCUT2D eigenvalue weighted by molar-refractivity contribution is 6.30. The number of aromatic nitrogens is 3. The molecule has 0 aliphatic rings. The summed E-state index contributed by atoms with van der Waals surface area (Å²) in [6.07, 6.45) is 1.49. The Hall–Kier alpha value is -2.93. The molecule has 1 amide bonds. The molecule has 0 spiro atoms. The van der Waals surface area contributed by atoms with Crippen LogP contribution in [0.1, 0.15) is 16.2 Å². The first kappa shape index (κ1) is 15.0. The lowest BCUT2D eigenvalue weighted by Crippen LogP contribution is -2.14. The summed E-state index contributed by atoms with van der Waals surface area (Å²) in [4.78, 5) is 20.4. The fourth-order valence-corrected chi connectivity index (χ4v) is 1.94. The Morgan fingerprint density at radius 1 is 1.22 bits per heavy atom. The van der Waals surface area contributed by atoms with Crippen molar-refractivity contribution < 1.29 is 9.32 Å². The minimum Gasteiger partial charge on any atom is -0.360 e. The first-order chi connectivity index (χ1) is 11.1. The van der Waals surface area contributed by atoms with Crippen LogP contribution in [0.2, 0.25) is 5.02 Å². The standard InChI is InChI=1S/C15H12ClN5O2/c1-9-8-13(21-23-9)20-14(22)12-6-7-17-15(19-12)18-11-4-2-10(16)3-5-11/h2-8H,1H3,(H,17,18,19)(H,20,21,22). The third kappa shape index (κ3) is 3.83. The summed E-state index contributed by atoms with van der Waals surface area (Å²) in [6.45, 7) is 1.74. The van der Waals surface area contributed by atoms with E-state index >= 15 is 0 Å². The monoisotopic (exact) mass is 329 g/mol. The molecule has 3 aromatic rings. The Kier molecular flexibility index (Phi) is 4.20. The minimum atomic E-state index is -0.403. The van der Waals surface area contributed by atoms with Crippen LogP contribution >= 0.6 is 11.6 Å². The van der Waals surface area contributed by atoms with Crippen molar-refractivity contribution in [1.82, 2.24) is 15.1 Å². The van der Waals surface area contributed by atoms with Crippen LogP contribution in [0.25, 0.3) is 0 Å². The van der Waals surface area contributed by atoms with E-state index in [1.165, 1.54) is 12.3 Å². The van der Waals surface area contributed by atoms with Crippen molar-refractivity contribution in [2.24, 2.45) is 0 Å². The molecule has 23 heavy (non-hydrogen) atoms. The van der Waals surface area contributed by atoms with Crippen LogP contribution in [-0.4, -0.2) is 21.0 Å². The van der Waals surface area contributed by atoms with Crippen LogP contribution in [0.15, 0.2) is 47.1 Å². The van der Waals surface area contributed by atoms with Gasteiger partial charge in [0.2, 0.25) is 5.95 Å². The van der Waals surface area contributed by atoms with Gasteiger partial charge in [0.25, 0.3) is 5.91 Å². The average Bonchev–Trinajstić information content (AvgIpc) is 2.95. The van der Waals surface area contributed by atoms with Gasteiger partial charge in [0.1, 0.15) is 11.5 Å². The molecule has 2 heterocycles. The smallest absolute Gasteiger partial charge is 0.275 e. The van der Waals surface area contributed by atoms with Crippen molar-refractivity contribution in [1.29, 1.82) is 0 Å². The van der Waals surface area contributed by atoms with E-state index in [4.69, 9.17) is 16.1 Å². The van der Waals surface area contributed by atoms with Crippen molar-refractivity contribution in [2.45, 2.75) is 6.92 Å². The third-order valence-electron chi connectivity index (χ3n) is 2.86. The zero-order chi connectivity index (χ0) is 16.2. The zero-order valence-corrected chi connectivity index (χ0v) is 12.8. The highest BCUT2D eigenvalue weighted by Crippen LogP contribution is 2.17. The largest absolute Gasteiger partial charge is 0.360 e. The molecule has 0 aliphatic heterocycles. The maximum absolute atomic E-state index is 12.1. The second-order valence-corrected chi connectivity index (χ2v) is 5.11. The fourth-order valence-electron chi connectivity index (χ4n) is 1.81. The molecule has 0 fully saturated rings. The van der Waals surface area contributed by atoms with Gasteiger partial charge in [-0.2, -0.15) is 0 Å². The predicted molar refractivity (Wildman–Crippen MR) is 86.0 cm³/mol. The first-order valence-corrected chi connectivity index (χ1v) is 7.08. The summed E-state index contributed by atoms with van der Waals surface area (Å²) in [7, 11) is 0. The lowest BCUT2D eigenvalue weighted by Gasteiger charge is -2.06. The molecular weight excluding hydrogens is 318 g/mol. The number of amides is 1. The van der Waals surface area contributed by atoms with E-state index in [1.54, 1.807) is 37.3 Å². The van der Waals surface area contributed by atoms with Gasteiger partial charge in [-0.15, -0.1) is 0 Å². The fraction of sp³-hybridized carbons (Fsp3) is 0.0667. The second-order valence-electron chi connectivity index (χ2n) is 4.67. The number of benzene rings is 1. The summed E-state index contributed by atoms with van der Waals surface area (Å²) >= 11 is 5.83. The molecule has 2 aromatic heterocycles. The van der Waals surface area contributed by atoms with Crippen LogP contribution in [0, 0.1) is 6.92 Å². The number of anilines is 3. The molecule has 8 heteroatoms. The molecule has 0 atom stereocenters. The number of aryl methyl sites for hydroxylation is 1. The van der Waals surface area contributed by atoms with E-state index in [9.17, 15) is 4.79 Å². The molecule has 0 bridgehead atoms. The highest BCUT2D eigenvalue weighted by atomic mass is 35.5. The van der Waals surface area contributed by atoms with Crippen LogP contribution in [0.4, 0.5) is 17.5 Å². The lowest BCUT2D eigenvalue weighted by molar-refractivity contribution is 0.102. The summed E-state index contributed by atoms with van der Waals surface area (Å²) in [6, 6.07) is 10.2. The van der Waals surface area contributed by atoms with Gasteiger partial charge in [-0.05, 0) is 37.3 Å². The minimum absolute atomic E-state index is 0.206. The number of carbonyl (C=O) groups excluding carboxylic acids is 1. The molecule has 1 aromatic carbocycles. The number of carbonyl (C=O) groups is 1. The number of hydrogen-bond acceptors (Lipinski definition) is 6.